The Kier molecular flexibility index (Phi) is 4.78. The fourth-order valence-electron chi connectivity index (χ4n) is 1.74. The number of carbonyl (C=O) groups excluding carboxylic acids is 2. The Labute approximate surface area is 135 Å². The van der Waals surface area contributed by atoms with Gasteiger partial charge < -0.3 is 10.6 Å². The minimum Gasteiger partial charge on any atom is -0.326 e. The number of carbonyl (C=O) groups is 2. The summed E-state index contributed by atoms with van der Waals surface area (Å²) in [7, 11) is 0. The van der Waals surface area contributed by atoms with Crippen LogP contribution in [0, 0.1) is 5.41 Å². The number of benzene rings is 1. The second-order valence-corrected chi connectivity index (χ2v) is 6.32. The Morgan fingerprint density at radius 3 is 2.13 bits per heavy atom. The molecule has 0 aliphatic rings. The monoisotopic (exact) mass is 315 g/mol. The van der Waals surface area contributed by atoms with Crippen LogP contribution < -0.4 is 10.6 Å². The lowest BCUT2D eigenvalue weighted by Crippen LogP contribution is -2.27. The highest BCUT2D eigenvalue weighted by molar-refractivity contribution is 5.96. The highest BCUT2D eigenvalue weighted by atomic mass is 16.2. The van der Waals surface area contributed by atoms with Gasteiger partial charge in [0.25, 0.3) is 0 Å². The minimum atomic E-state index is -0.460. The van der Waals surface area contributed by atoms with Gasteiger partial charge in [-0.15, -0.1) is 0 Å². The Hall–Kier alpha value is -2.70. The van der Waals surface area contributed by atoms with Crippen LogP contribution in [0.1, 0.15) is 33.7 Å². The summed E-state index contributed by atoms with van der Waals surface area (Å²) < 4.78 is 1.48. The molecule has 2 amide bonds. The maximum atomic E-state index is 12.1. The maximum Gasteiger partial charge on any atom is 0.249 e. The van der Waals surface area contributed by atoms with Gasteiger partial charge >= 0.3 is 0 Å². The molecule has 1 heterocycles. The Balaban J connectivity index is 1.97. The minimum absolute atomic E-state index is 0.0610. The van der Waals surface area contributed by atoms with E-state index in [1.54, 1.807) is 31.2 Å². The summed E-state index contributed by atoms with van der Waals surface area (Å²) in [4.78, 5) is 27.9. The lowest BCUT2D eigenvalue weighted by Gasteiger charge is -2.18. The molecule has 0 bridgehead atoms. The summed E-state index contributed by atoms with van der Waals surface area (Å²) in [5, 5.41) is 9.58. The Bertz CT molecular complexity index is 671. The van der Waals surface area contributed by atoms with Crippen LogP contribution in [0.3, 0.4) is 0 Å². The van der Waals surface area contributed by atoms with Gasteiger partial charge in [-0.1, -0.05) is 20.8 Å². The smallest absolute Gasteiger partial charge is 0.249 e. The van der Waals surface area contributed by atoms with Gasteiger partial charge in [0.1, 0.15) is 18.7 Å². The molecule has 0 saturated carbocycles. The summed E-state index contributed by atoms with van der Waals surface area (Å²) in [6.07, 6.45) is 2.88. The van der Waals surface area contributed by atoms with Crippen LogP contribution in [0.4, 0.5) is 11.4 Å². The first-order valence-electron chi connectivity index (χ1n) is 7.34. The molecule has 0 aliphatic carbocycles. The normalized spacial score (nSPS) is 12.5. The van der Waals surface area contributed by atoms with E-state index >= 15 is 0 Å². The van der Waals surface area contributed by atoms with Crippen molar-refractivity contribution in [3.63, 3.8) is 0 Å². The van der Waals surface area contributed by atoms with E-state index in [1.807, 2.05) is 20.8 Å². The molecule has 0 spiro atoms. The molecule has 1 atom stereocenters. The summed E-state index contributed by atoms with van der Waals surface area (Å²) in [6, 6.07) is 6.52. The summed E-state index contributed by atoms with van der Waals surface area (Å²) in [6.45, 7) is 7.29. The predicted molar refractivity (Wildman–Crippen MR) is 87.9 cm³/mol. The number of aromatic nitrogens is 3. The molecule has 2 aromatic rings. The van der Waals surface area contributed by atoms with E-state index in [-0.39, 0.29) is 11.8 Å². The lowest BCUT2D eigenvalue weighted by molar-refractivity contribution is -0.123. The van der Waals surface area contributed by atoms with Gasteiger partial charge in [0.2, 0.25) is 11.8 Å². The molecule has 23 heavy (non-hydrogen) atoms. The van der Waals surface area contributed by atoms with Gasteiger partial charge in [-0.05, 0) is 31.2 Å². The van der Waals surface area contributed by atoms with Gasteiger partial charge in [0.05, 0.1) is 0 Å². The van der Waals surface area contributed by atoms with Crippen molar-refractivity contribution in [2.24, 2.45) is 5.41 Å². The first-order valence-corrected chi connectivity index (χ1v) is 7.34. The zero-order valence-corrected chi connectivity index (χ0v) is 13.7. The van der Waals surface area contributed by atoms with E-state index < -0.39 is 11.5 Å². The van der Waals surface area contributed by atoms with Crippen molar-refractivity contribution in [2.45, 2.75) is 33.7 Å². The molecule has 0 fully saturated rings. The number of nitrogens with one attached hydrogen (secondary N) is 2. The van der Waals surface area contributed by atoms with Crippen molar-refractivity contribution in [1.29, 1.82) is 0 Å². The number of hydrogen-bond acceptors (Lipinski definition) is 4. The number of hydrogen-bond donors (Lipinski definition) is 2. The van der Waals surface area contributed by atoms with Crippen molar-refractivity contribution >= 4 is 23.2 Å². The molecule has 1 aromatic carbocycles. The lowest BCUT2D eigenvalue weighted by atomic mass is 9.95. The number of rotatable bonds is 4. The van der Waals surface area contributed by atoms with E-state index in [0.717, 1.165) is 0 Å². The van der Waals surface area contributed by atoms with Gasteiger partial charge in [0.15, 0.2) is 0 Å². The zero-order valence-electron chi connectivity index (χ0n) is 13.7. The van der Waals surface area contributed by atoms with E-state index in [1.165, 1.54) is 17.3 Å². The van der Waals surface area contributed by atoms with Crippen molar-refractivity contribution in [3.05, 3.63) is 36.9 Å². The van der Waals surface area contributed by atoms with E-state index in [9.17, 15) is 9.59 Å². The molecular weight excluding hydrogens is 294 g/mol. The third kappa shape index (κ3) is 4.38. The van der Waals surface area contributed by atoms with E-state index in [2.05, 4.69) is 20.7 Å². The van der Waals surface area contributed by atoms with Crippen LogP contribution in [-0.2, 0) is 9.59 Å². The molecular formula is C16H21N5O2. The maximum absolute atomic E-state index is 12.1. The van der Waals surface area contributed by atoms with Crippen molar-refractivity contribution < 1.29 is 9.59 Å². The fourth-order valence-corrected chi connectivity index (χ4v) is 1.74. The Morgan fingerprint density at radius 1 is 1.09 bits per heavy atom. The number of anilines is 2. The average molecular weight is 315 g/mol. The van der Waals surface area contributed by atoms with Gasteiger partial charge in [0, 0.05) is 16.8 Å². The molecule has 0 saturated heterocycles. The average Bonchev–Trinajstić information content (AvgIpc) is 3.01. The molecule has 122 valence electrons. The van der Waals surface area contributed by atoms with Crippen LogP contribution in [0.5, 0.6) is 0 Å². The summed E-state index contributed by atoms with van der Waals surface area (Å²) >= 11 is 0. The third-order valence-corrected chi connectivity index (χ3v) is 3.30. The van der Waals surface area contributed by atoms with Crippen molar-refractivity contribution in [2.75, 3.05) is 10.6 Å². The van der Waals surface area contributed by atoms with Crippen LogP contribution in [0.2, 0.25) is 0 Å². The second-order valence-electron chi connectivity index (χ2n) is 6.32. The van der Waals surface area contributed by atoms with Crippen molar-refractivity contribution in [1.82, 2.24) is 14.8 Å². The number of amides is 2. The molecule has 0 radical (unpaired) electrons. The summed E-state index contributed by atoms with van der Waals surface area (Å²) in [5.74, 6) is -0.254. The molecule has 2 N–H and O–H groups in total. The van der Waals surface area contributed by atoms with Crippen LogP contribution in [0.25, 0.3) is 0 Å². The highest BCUT2D eigenvalue weighted by Crippen LogP contribution is 2.19. The van der Waals surface area contributed by atoms with E-state index in [0.29, 0.717) is 11.4 Å². The first-order chi connectivity index (χ1) is 10.8. The highest BCUT2D eigenvalue weighted by Gasteiger charge is 2.21. The molecule has 0 aliphatic heterocycles. The number of nitrogens with zero attached hydrogens (tertiary/aromatic N) is 3. The van der Waals surface area contributed by atoms with Crippen molar-refractivity contribution in [3.8, 4) is 0 Å². The van der Waals surface area contributed by atoms with Crippen LogP contribution in [0.15, 0.2) is 36.9 Å². The third-order valence-electron chi connectivity index (χ3n) is 3.30. The summed E-state index contributed by atoms with van der Waals surface area (Å²) in [5.41, 5.74) is 0.878. The predicted octanol–water partition coefficient (Wildman–Crippen LogP) is 2.46. The Morgan fingerprint density at radius 2 is 1.65 bits per heavy atom. The fraction of sp³-hybridized carbons (Fsp3) is 0.375. The van der Waals surface area contributed by atoms with E-state index in [4.69, 9.17) is 0 Å². The van der Waals surface area contributed by atoms with Gasteiger partial charge in [-0.25, -0.2) is 9.67 Å². The molecule has 7 heteroatoms. The quantitative estimate of drug-likeness (QED) is 0.907. The van der Waals surface area contributed by atoms with Gasteiger partial charge in [-0.2, -0.15) is 5.10 Å². The molecule has 1 unspecified atom stereocenters. The largest absolute Gasteiger partial charge is 0.326 e. The SMILES string of the molecule is CC(C(=O)Nc1ccc(NC(=O)C(C)(C)C)cc1)n1cncn1. The molecule has 1 aromatic heterocycles. The van der Waals surface area contributed by atoms with Gasteiger partial charge in [-0.3, -0.25) is 9.59 Å². The zero-order chi connectivity index (χ0) is 17.0. The van der Waals surface area contributed by atoms with Crippen LogP contribution in [-0.4, -0.2) is 26.6 Å². The molecule has 7 nitrogen and oxygen atoms in total. The second kappa shape index (κ2) is 6.60. The standard InChI is InChI=1S/C16H21N5O2/c1-11(21-10-17-9-18-21)14(22)19-12-5-7-13(8-6-12)20-15(23)16(2,3)4/h5-11H,1-4H3,(H,19,22)(H,20,23). The topological polar surface area (TPSA) is 88.9 Å². The first kappa shape index (κ1) is 16.7. The van der Waals surface area contributed by atoms with Crippen LogP contribution >= 0.6 is 0 Å². The molecule has 2 rings (SSSR count).